The molecule has 0 saturated carbocycles. The van der Waals surface area contributed by atoms with Crippen LogP contribution in [0.3, 0.4) is 0 Å². The van der Waals surface area contributed by atoms with Crippen LogP contribution in [-0.4, -0.2) is 70.3 Å². The number of ether oxygens (including phenoxy) is 2. The Labute approximate surface area is 210 Å². The van der Waals surface area contributed by atoms with Gasteiger partial charge in [0.1, 0.15) is 23.7 Å². The molecule has 0 radical (unpaired) electrons. The number of aromatic nitrogens is 2. The molecule has 4 rings (SSSR count). The molecule has 35 heavy (non-hydrogen) atoms. The van der Waals surface area contributed by atoms with Crippen LogP contribution >= 0.6 is 11.6 Å². The number of carbonyl (C=O) groups excluding carboxylic acids is 2. The normalized spacial score (nSPS) is 17.7. The van der Waals surface area contributed by atoms with E-state index in [9.17, 15) is 9.59 Å². The van der Waals surface area contributed by atoms with Gasteiger partial charge in [-0.2, -0.15) is 5.10 Å². The van der Waals surface area contributed by atoms with Crippen LogP contribution in [0.1, 0.15) is 22.5 Å². The summed E-state index contributed by atoms with van der Waals surface area (Å²) < 4.78 is 13.8. The predicted molar refractivity (Wildman–Crippen MR) is 132 cm³/mol. The second-order valence-corrected chi connectivity index (χ2v) is 9.19. The summed E-state index contributed by atoms with van der Waals surface area (Å²) in [6.07, 6.45) is 1.66. The summed E-state index contributed by atoms with van der Waals surface area (Å²) in [5.74, 6) is 0.357. The van der Waals surface area contributed by atoms with Gasteiger partial charge in [0.05, 0.1) is 19.6 Å². The Bertz CT molecular complexity index is 1150. The zero-order valence-corrected chi connectivity index (χ0v) is 20.6. The van der Waals surface area contributed by atoms with E-state index in [4.69, 9.17) is 21.1 Å². The lowest BCUT2D eigenvalue weighted by atomic mass is 9.96. The van der Waals surface area contributed by atoms with Crippen molar-refractivity contribution in [2.75, 3.05) is 33.4 Å². The van der Waals surface area contributed by atoms with Gasteiger partial charge in [-0.3, -0.25) is 14.3 Å². The van der Waals surface area contributed by atoms with Crippen molar-refractivity contribution < 1.29 is 19.1 Å². The SMILES string of the molecule is CN(Cc1ccccc1)C(=O)CC1(COc2ccc(Cl)cc2)CN(C(=O)c2ccnn2C)CCO1. The summed E-state index contributed by atoms with van der Waals surface area (Å²) in [6.45, 7) is 1.51. The average Bonchev–Trinajstić information content (AvgIpc) is 3.29. The maximum Gasteiger partial charge on any atom is 0.272 e. The van der Waals surface area contributed by atoms with Gasteiger partial charge in [0.2, 0.25) is 5.91 Å². The van der Waals surface area contributed by atoms with Crippen LogP contribution in [0.25, 0.3) is 0 Å². The molecule has 0 bridgehead atoms. The number of amides is 2. The standard InChI is InChI=1S/C26H29ClN4O4/c1-29(17-20-6-4-3-5-7-20)24(32)16-26(19-34-22-10-8-21(27)9-11-22)18-31(14-15-35-26)25(33)23-12-13-28-30(23)2/h3-13H,14-19H2,1-2H3. The minimum absolute atomic E-state index is 0.0685. The summed E-state index contributed by atoms with van der Waals surface area (Å²) >= 11 is 5.99. The number of aryl methyl sites for hydroxylation is 1. The van der Waals surface area contributed by atoms with Crippen molar-refractivity contribution in [2.45, 2.75) is 18.6 Å². The number of benzene rings is 2. The molecule has 1 unspecified atom stereocenters. The molecule has 184 valence electrons. The summed E-state index contributed by atoms with van der Waals surface area (Å²) in [5, 5.41) is 4.71. The summed E-state index contributed by atoms with van der Waals surface area (Å²) in [5.41, 5.74) is 0.507. The van der Waals surface area contributed by atoms with Crippen molar-refractivity contribution in [3.8, 4) is 5.75 Å². The molecular weight excluding hydrogens is 468 g/mol. The van der Waals surface area contributed by atoms with Crippen LogP contribution in [0, 0.1) is 0 Å². The maximum absolute atomic E-state index is 13.3. The van der Waals surface area contributed by atoms with E-state index in [1.165, 1.54) is 0 Å². The predicted octanol–water partition coefficient (Wildman–Crippen LogP) is 3.41. The number of halogens is 1. The number of rotatable bonds is 8. The highest BCUT2D eigenvalue weighted by Crippen LogP contribution is 2.27. The van der Waals surface area contributed by atoms with Crippen LogP contribution in [0.2, 0.25) is 5.02 Å². The van der Waals surface area contributed by atoms with Crippen LogP contribution in [0.4, 0.5) is 0 Å². The number of hydrogen-bond donors (Lipinski definition) is 0. The Morgan fingerprint density at radius 1 is 1.14 bits per heavy atom. The quantitative estimate of drug-likeness (QED) is 0.477. The van der Waals surface area contributed by atoms with Crippen molar-refractivity contribution in [2.24, 2.45) is 7.05 Å². The third-order valence-electron chi connectivity index (χ3n) is 6.05. The maximum atomic E-state index is 13.3. The molecule has 2 heterocycles. The van der Waals surface area contributed by atoms with Gasteiger partial charge in [-0.25, -0.2) is 0 Å². The van der Waals surface area contributed by atoms with Gasteiger partial charge in [-0.1, -0.05) is 41.9 Å². The number of hydrogen-bond acceptors (Lipinski definition) is 5. The molecular formula is C26H29ClN4O4. The highest BCUT2D eigenvalue weighted by Gasteiger charge is 2.42. The zero-order chi connectivity index (χ0) is 24.8. The van der Waals surface area contributed by atoms with E-state index < -0.39 is 5.60 Å². The first-order chi connectivity index (χ1) is 16.8. The largest absolute Gasteiger partial charge is 0.490 e. The molecule has 1 fully saturated rings. The van der Waals surface area contributed by atoms with Gasteiger partial charge in [0.25, 0.3) is 5.91 Å². The van der Waals surface area contributed by atoms with Gasteiger partial charge in [-0.15, -0.1) is 0 Å². The molecule has 8 nitrogen and oxygen atoms in total. The molecule has 1 aliphatic heterocycles. The van der Waals surface area contributed by atoms with E-state index in [0.717, 1.165) is 5.56 Å². The van der Waals surface area contributed by atoms with E-state index in [-0.39, 0.29) is 31.4 Å². The van der Waals surface area contributed by atoms with Crippen molar-refractivity contribution >= 4 is 23.4 Å². The van der Waals surface area contributed by atoms with Crippen LogP contribution in [-0.2, 0) is 23.1 Å². The van der Waals surface area contributed by atoms with E-state index in [0.29, 0.717) is 36.2 Å². The molecule has 2 amide bonds. The van der Waals surface area contributed by atoms with Crippen LogP contribution < -0.4 is 4.74 Å². The number of nitrogens with zero attached hydrogens (tertiary/aromatic N) is 4. The summed E-state index contributed by atoms with van der Waals surface area (Å²) in [6, 6.07) is 18.5. The molecule has 1 saturated heterocycles. The molecule has 0 N–H and O–H groups in total. The molecule has 2 aromatic carbocycles. The molecule has 1 aliphatic rings. The Kier molecular flexibility index (Phi) is 7.73. The Morgan fingerprint density at radius 3 is 2.57 bits per heavy atom. The number of morpholine rings is 1. The third kappa shape index (κ3) is 6.21. The van der Waals surface area contributed by atoms with Gasteiger partial charge in [-0.05, 0) is 35.9 Å². The van der Waals surface area contributed by atoms with Gasteiger partial charge in [0, 0.05) is 38.4 Å². The van der Waals surface area contributed by atoms with E-state index >= 15 is 0 Å². The molecule has 0 aliphatic carbocycles. The topological polar surface area (TPSA) is 76.9 Å². The molecule has 0 spiro atoms. The molecule has 1 aromatic heterocycles. The second-order valence-electron chi connectivity index (χ2n) is 8.75. The average molecular weight is 497 g/mol. The van der Waals surface area contributed by atoms with Gasteiger partial charge < -0.3 is 19.3 Å². The fraction of sp³-hybridized carbons (Fsp3) is 0.346. The highest BCUT2D eigenvalue weighted by atomic mass is 35.5. The summed E-state index contributed by atoms with van der Waals surface area (Å²) in [4.78, 5) is 29.9. The van der Waals surface area contributed by atoms with E-state index in [2.05, 4.69) is 5.10 Å². The highest BCUT2D eigenvalue weighted by molar-refractivity contribution is 6.30. The van der Waals surface area contributed by atoms with Crippen molar-refractivity contribution in [1.82, 2.24) is 19.6 Å². The lowest BCUT2D eigenvalue weighted by molar-refractivity contribution is -0.152. The fourth-order valence-corrected chi connectivity index (χ4v) is 4.24. The molecule has 3 aromatic rings. The van der Waals surface area contributed by atoms with Crippen molar-refractivity contribution in [1.29, 1.82) is 0 Å². The minimum Gasteiger partial charge on any atom is -0.490 e. The molecule has 9 heteroatoms. The van der Waals surface area contributed by atoms with Crippen molar-refractivity contribution in [3.63, 3.8) is 0 Å². The van der Waals surface area contributed by atoms with Gasteiger partial charge >= 0.3 is 0 Å². The Balaban J connectivity index is 1.52. The van der Waals surface area contributed by atoms with E-state index in [1.807, 2.05) is 30.3 Å². The first kappa shape index (κ1) is 24.8. The van der Waals surface area contributed by atoms with E-state index in [1.54, 1.807) is 65.1 Å². The Hall–Kier alpha value is -3.36. The first-order valence-corrected chi connectivity index (χ1v) is 11.8. The minimum atomic E-state index is -1.01. The lowest BCUT2D eigenvalue weighted by Gasteiger charge is -2.42. The second kappa shape index (κ2) is 10.9. The van der Waals surface area contributed by atoms with Crippen molar-refractivity contribution in [3.05, 3.63) is 83.1 Å². The van der Waals surface area contributed by atoms with Crippen LogP contribution in [0.15, 0.2) is 66.9 Å². The fourth-order valence-electron chi connectivity index (χ4n) is 4.11. The third-order valence-corrected chi connectivity index (χ3v) is 6.30. The first-order valence-electron chi connectivity index (χ1n) is 11.4. The number of carbonyl (C=O) groups is 2. The molecule has 1 atom stereocenters. The Morgan fingerprint density at radius 2 is 1.89 bits per heavy atom. The van der Waals surface area contributed by atoms with Crippen LogP contribution in [0.5, 0.6) is 5.75 Å². The zero-order valence-electron chi connectivity index (χ0n) is 19.9. The summed E-state index contributed by atoms with van der Waals surface area (Å²) in [7, 11) is 3.50. The monoisotopic (exact) mass is 496 g/mol. The van der Waals surface area contributed by atoms with Gasteiger partial charge in [0.15, 0.2) is 0 Å². The lowest BCUT2D eigenvalue weighted by Crippen LogP contribution is -2.58. The smallest absolute Gasteiger partial charge is 0.272 e.